The molecule has 126 valence electrons. The van der Waals surface area contributed by atoms with Gasteiger partial charge in [0.2, 0.25) is 0 Å². The Morgan fingerprint density at radius 3 is 1.71 bits per heavy atom. The van der Waals surface area contributed by atoms with Crippen molar-refractivity contribution in [2.24, 2.45) is 0 Å². The van der Waals surface area contributed by atoms with Gasteiger partial charge >= 0.3 is 24.3 Å². The first-order valence-corrected chi connectivity index (χ1v) is 4.54. The quantitative estimate of drug-likeness (QED) is 0.646. The molecule has 1 atom stereocenters. The van der Waals surface area contributed by atoms with Crippen molar-refractivity contribution < 1.29 is 57.8 Å². The third-order valence-corrected chi connectivity index (χ3v) is 1.69. The highest BCUT2D eigenvalue weighted by atomic mass is 19.4. The van der Waals surface area contributed by atoms with E-state index in [0.717, 1.165) is 0 Å². The van der Waals surface area contributed by atoms with Crippen molar-refractivity contribution in [3.63, 3.8) is 0 Å². The molecule has 0 bridgehead atoms. The molecule has 0 heterocycles. The Kier molecular flexibility index (Phi) is 5.63. The summed E-state index contributed by atoms with van der Waals surface area (Å²) in [6.45, 7) is -1.02. The first kappa shape index (κ1) is 19.9. The number of ether oxygens (including phenoxy) is 2. The van der Waals surface area contributed by atoms with Crippen LogP contribution in [-0.2, 0) is 9.47 Å². The van der Waals surface area contributed by atoms with Gasteiger partial charge in [0, 0.05) is 0 Å². The molecule has 0 saturated carbocycles. The molecule has 0 fully saturated rings. The third-order valence-electron chi connectivity index (χ3n) is 1.69. The predicted molar refractivity (Wildman–Crippen MR) is 43.1 cm³/mol. The summed E-state index contributed by atoms with van der Waals surface area (Å²) < 4.78 is 139. The predicted octanol–water partition coefficient (Wildman–Crippen LogP) is 4.18. The summed E-state index contributed by atoms with van der Waals surface area (Å²) in [5.74, 6) is -8.44. The molecule has 0 aliphatic heterocycles. The Morgan fingerprint density at radius 1 is 0.952 bits per heavy atom. The molecule has 0 radical (unpaired) electrons. The lowest BCUT2D eigenvalue weighted by Gasteiger charge is -2.28. The number of hydrogen-bond acceptors (Lipinski definition) is 2. The molecule has 21 heavy (non-hydrogen) atoms. The van der Waals surface area contributed by atoms with Crippen LogP contribution in [0.2, 0.25) is 0 Å². The van der Waals surface area contributed by atoms with E-state index in [0.29, 0.717) is 0 Å². The molecular weight excluding hydrogens is 337 g/mol. The lowest BCUT2D eigenvalue weighted by molar-refractivity contribution is -0.421. The van der Waals surface area contributed by atoms with Crippen LogP contribution >= 0.6 is 0 Å². The van der Waals surface area contributed by atoms with Crippen molar-refractivity contribution in [3.05, 3.63) is 12.4 Å². The van der Waals surface area contributed by atoms with E-state index in [1.165, 1.54) is 0 Å². The van der Waals surface area contributed by atoms with Crippen molar-refractivity contribution in [3.8, 4) is 0 Å². The van der Waals surface area contributed by atoms with E-state index in [4.69, 9.17) is 0 Å². The SMILES string of the molecule is C=C(F)C(F)(F)OCC(F)(F)C(F)(F)OC(F)C(F)(F)F. The summed E-state index contributed by atoms with van der Waals surface area (Å²) in [4.78, 5) is 0. The Balaban J connectivity index is 4.92. The minimum absolute atomic E-state index is 1.96. The van der Waals surface area contributed by atoms with Gasteiger partial charge in [-0.25, -0.2) is 8.78 Å². The number of alkyl halides is 10. The standard InChI is InChI=1S/C8H5F11O2/c1-3(9)7(16,17)20-2-5(11,12)8(18,19)21-4(10)6(13,14)15/h4H,1-2H2. The molecule has 0 aromatic heterocycles. The average Bonchev–Trinajstić information content (AvgIpc) is 2.24. The first-order chi connectivity index (χ1) is 9.03. The monoisotopic (exact) mass is 342 g/mol. The molecule has 0 aliphatic carbocycles. The van der Waals surface area contributed by atoms with E-state index in [-0.39, 0.29) is 0 Å². The van der Waals surface area contributed by atoms with Crippen LogP contribution in [0.25, 0.3) is 0 Å². The summed E-state index contributed by atoms with van der Waals surface area (Å²) in [7, 11) is 0. The summed E-state index contributed by atoms with van der Waals surface area (Å²) >= 11 is 0. The Hall–Kier alpha value is -1.11. The van der Waals surface area contributed by atoms with Crippen LogP contribution < -0.4 is 0 Å². The topological polar surface area (TPSA) is 18.5 Å². The van der Waals surface area contributed by atoms with Crippen molar-refractivity contribution >= 4 is 0 Å². The molecule has 0 amide bonds. The summed E-state index contributed by atoms with van der Waals surface area (Å²) in [6, 6.07) is 0. The van der Waals surface area contributed by atoms with Gasteiger partial charge in [0.25, 0.3) is 6.36 Å². The van der Waals surface area contributed by atoms with Gasteiger partial charge < -0.3 is 4.74 Å². The second-order valence-corrected chi connectivity index (χ2v) is 3.41. The van der Waals surface area contributed by atoms with Crippen molar-refractivity contribution in [2.75, 3.05) is 6.61 Å². The first-order valence-electron chi connectivity index (χ1n) is 4.54. The van der Waals surface area contributed by atoms with Gasteiger partial charge in [0.05, 0.1) is 0 Å². The van der Waals surface area contributed by atoms with E-state index in [1.807, 2.05) is 6.58 Å². The maximum absolute atomic E-state index is 12.7. The van der Waals surface area contributed by atoms with Gasteiger partial charge in [-0.2, -0.15) is 39.5 Å². The molecule has 0 saturated heterocycles. The maximum atomic E-state index is 12.7. The minimum Gasteiger partial charge on any atom is -0.308 e. The van der Waals surface area contributed by atoms with Crippen LogP contribution in [0.5, 0.6) is 0 Å². The Bertz CT molecular complexity index is 375. The van der Waals surface area contributed by atoms with Crippen LogP contribution in [0.1, 0.15) is 0 Å². The zero-order valence-electron chi connectivity index (χ0n) is 9.47. The van der Waals surface area contributed by atoms with E-state index < -0.39 is 43.1 Å². The highest BCUT2D eigenvalue weighted by molar-refractivity contribution is 4.91. The largest absolute Gasteiger partial charge is 0.445 e. The third kappa shape index (κ3) is 5.30. The van der Waals surface area contributed by atoms with E-state index >= 15 is 0 Å². The fourth-order valence-electron chi connectivity index (χ4n) is 0.627. The van der Waals surface area contributed by atoms with E-state index in [2.05, 4.69) is 9.47 Å². The summed E-state index contributed by atoms with van der Waals surface area (Å²) in [6.07, 6.45) is -22.1. The summed E-state index contributed by atoms with van der Waals surface area (Å²) in [5.41, 5.74) is 0. The van der Waals surface area contributed by atoms with Crippen LogP contribution in [0, 0.1) is 0 Å². The highest BCUT2D eigenvalue weighted by Gasteiger charge is 2.63. The number of hydrogen-bond donors (Lipinski definition) is 0. The molecule has 0 spiro atoms. The molecule has 2 nitrogen and oxygen atoms in total. The smallest absolute Gasteiger partial charge is 0.308 e. The second-order valence-electron chi connectivity index (χ2n) is 3.41. The average molecular weight is 342 g/mol. The van der Waals surface area contributed by atoms with Gasteiger partial charge in [-0.1, -0.05) is 6.58 Å². The van der Waals surface area contributed by atoms with Gasteiger partial charge in [0.15, 0.2) is 5.83 Å². The Labute approximate surface area is 109 Å². The van der Waals surface area contributed by atoms with Crippen LogP contribution in [-0.4, -0.2) is 37.3 Å². The summed E-state index contributed by atoms with van der Waals surface area (Å²) in [5, 5.41) is 0. The van der Waals surface area contributed by atoms with Crippen molar-refractivity contribution in [1.29, 1.82) is 0 Å². The van der Waals surface area contributed by atoms with Gasteiger partial charge in [-0.05, 0) is 0 Å². The Morgan fingerprint density at radius 2 is 1.38 bits per heavy atom. The maximum Gasteiger partial charge on any atom is 0.445 e. The van der Waals surface area contributed by atoms with E-state index in [1.54, 1.807) is 0 Å². The molecular formula is C8H5F11O2. The number of rotatable bonds is 7. The molecule has 0 aliphatic rings. The minimum atomic E-state index is -6.16. The number of halogens is 11. The van der Waals surface area contributed by atoms with Gasteiger partial charge in [0.1, 0.15) is 6.61 Å². The molecule has 13 heteroatoms. The molecule has 1 unspecified atom stereocenters. The normalized spacial score (nSPS) is 16.0. The fourth-order valence-corrected chi connectivity index (χ4v) is 0.627. The highest BCUT2D eigenvalue weighted by Crippen LogP contribution is 2.40. The van der Waals surface area contributed by atoms with Gasteiger partial charge in [-0.3, -0.25) is 4.74 Å². The molecule has 0 aromatic rings. The lowest BCUT2D eigenvalue weighted by Crippen LogP contribution is -2.50. The molecule has 0 N–H and O–H groups in total. The molecule has 0 rings (SSSR count). The van der Waals surface area contributed by atoms with Crippen LogP contribution in [0.15, 0.2) is 12.4 Å². The zero-order chi connectivity index (χ0) is 17.3. The van der Waals surface area contributed by atoms with Crippen LogP contribution in [0.4, 0.5) is 48.3 Å². The zero-order valence-corrected chi connectivity index (χ0v) is 9.47. The second kappa shape index (κ2) is 5.94. The van der Waals surface area contributed by atoms with Crippen molar-refractivity contribution in [2.45, 2.75) is 30.7 Å². The van der Waals surface area contributed by atoms with Crippen molar-refractivity contribution in [1.82, 2.24) is 0 Å². The van der Waals surface area contributed by atoms with Gasteiger partial charge in [-0.15, -0.1) is 0 Å². The van der Waals surface area contributed by atoms with E-state index in [9.17, 15) is 48.3 Å². The lowest BCUT2D eigenvalue weighted by atomic mass is 10.3. The fraction of sp³-hybridized carbons (Fsp3) is 0.750. The van der Waals surface area contributed by atoms with Crippen LogP contribution in [0.3, 0.4) is 0 Å². The molecule has 0 aromatic carbocycles.